The van der Waals surface area contributed by atoms with Crippen molar-refractivity contribution >= 4 is 27.5 Å². The molecular weight excluding hydrogens is 444 g/mol. The molecule has 5 nitrogen and oxygen atoms in total. The lowest BCUT2D eigenvalue weighted by Crippen LogP contribution is -2.45. The Labute approximate surface area is 185 Å². The maximum Gasteiger partial charge on any atom is 0.247 e. The van der Waals surface area contributed by atoms with E-state index in [4.69, 9.17) is 14.6 Å². The summed E-state index contributed by atoms with van der Waals surface area (Å²) >= 11 is 3.47. The number of methoxy groups -OCH3 is 2. The molecule has 0 spiro atoms. The highest BCUT2D eigenvalue weighted by Gasteiger charge is 2.40. The number of halogens is 1. The zero-order chi connectivity index (χ0) is 21.1. The molecule has 0 saturated carbocycles. The normalized spacial score (nSPS) is 20.6. The number of carbonyl (C=O) groups is 1. The van der Waals surface area contributed by atoms with Crippen LogP contribution in [0.5, 0.6) is 11.5 Å². The predicted octanol–water partition coefficient (Wildman–Crippen LogP) is 4.93. The average Bonchev–Trinajstić information content (AvgIpc) is 2.81. The van der Waals surface area contributed by atoms with Crippen LogP contribution in [0.4, 0.5) is 0 Å². The summed E-state index contributed by atoms with van der Waals surface area (Å²) in [6.45, 7) is 0.463. The molecule has 1 amide bonds. The van der Waals surface area contributed by atoms with Gasteiger partial charge in [-0.1, -0.05) is 52.3 Å². The second-order valence-corrected chi connectivity index (χ2v) is 8.12. The number of amides is 1. The number of alkyl halides is 1. The molecule has 0 N–H and O–H groups in total. The zero-order valence-corrected chi connectivity index (χ0v) is 18.8. The molecule has 1 aliphatic heterocycles. The number of allylic oxidation sites excluding steroid dienone is 2. The van der Waals surface area contributed by atoms with Gasteiger partial charge in [0.25, 0.3) is 0 Å². The van der Waals surface area contributed by atoms with Gasteiger partial charge in [-0.05, 0) is 42.2 Å². The zero-order valence-electron chi connectivity index (χ0n) is 17.2. The molecule has 0 bridgehead atoms. The van der Waals surface area contributed by atoms with Gasteiger partial charge in [-0.3, -0.25) is 4.79 Å². The molecule has 4 rings (SSSR count). The van der Waals surface area contributed by atoms with Gasteiger partial charge in [0.1, 0.15) is 0 Å². The molecule has 1 aliphatic carbocycles. The monoisotopic (exact) mass is 468 g/mol. The Bertz CT molecular complexity index is 984. The third-order valence-electron chi connectivity index (χ3n) is 5.77. The summed E-state index contributed by atoms with van der Waals surface area (Å²) in [6.07, 6.45) is 5.82. The molecular formula is C24H25BrN2O3. The van der Waals surface area contributed by atoms with E-state index < -0.39 is 0 Å². The van der Waals surface area contributed by atoms with Gasteiger partial charge in [0.15, 0.2) is 11.5 Å². The van der Waals surface area contributed by atoms with Crippen LogP contribution in [0, 0.1) is 11.8 Å². The smallest absolute Gasteiger partial charge is 0.247 e. The Morgan fingerprint density at radius 3 is 2.30 bits per heavy atom. The third kappa shape index (κ3) is 4.01. The highest BCUT2D eigenvalue weighted by molar-refractivity contribution is 9.08. The largest absolute Gasteiger partial charge is 0.493 e. The predicted molar refractivity (Wildman–Crippen MR) is 121 cm³/mol. The lowest BCUT2D eigenvalue weighted by Gasteiger charge is -2.37. The molecule has 2 aliphatic rings. The summed E-state index contributed by atoms with van der Waals surface area (Å²) in [5.41, 5.74) is 4.16. The number of hydrazone groups is 1. The lowest BCUT2D eigenvalue weighted by molar-refractivity contribution is -0.138. The van der Waals surface area contributed by atoms with Gasteiger partial charge in [-0.15, -0.1) is 0 Å². The van der Waals surface area contributed by atoms with Gasteiger partial charge in [-0.2, -0.15) is 5.10 Å². The van der Waals surface area contributed by atoms with Crippen LogP contribution in [0.3, 0.4) is 0 Å². The molecule has 156 valence electrons. The van der Waals surface area contributed by atoms with E-state index in [1.165, 1.54) is 5.56 Å². The first-order valence-electron chi connectivity index (χ1n) is 10.1. The molecule has 2 atom stereocenters. The van der Waals surface area contributed by atoms with E-state index in [-0.39, 0.29) is 17.7 Å². The van der Waals surface area contributed by atoms with Crippen molar-refractivity contribution in [3.63, 3.8) is 0 Å². The molecule has 2 aromatic rings. The van der Waals surface area contributed by atoms with Crippen LogP contribution in [0.2, 0.25) is 0 Å². The van der Waals surface area contributed by atoms with Gasteiger partial charge < -0.3 is 9.47 Å². The highest BCUT2D eigenvalue weighted by Crippen LogP contribution is 2.37. The first-order valence-corrected chi connectivity index (χ1v) is 11.2. The number of benzene rings is 2. The second-order valence-electron chi connectivity index (χ2n) is 7.56. The Kier molecular flexibility index (Phi) is 6.23. The maximum absolute atomic E-state index is 13.2. The van der Waals surface area contributed by atoms with Crippen LogP contribution in [0.25, 0.3) is 0 Å². The van der Waals surface area contributed by atoms with Crippen LogP contribution >= 0.6 is 15.9 Å². The Morgan fingerprint density at radius 1 is 0.967 bits per heavy atom. The lowest BCUT2D eigenvalue weighted by atomic mass is 9.76. The van der Waals surface area contributed by atoms with Gasteiger partial charge in [0.05, 0.1) is 32.4 Å². The summed E-state index contributed by atoms with van der Waals surface area (Å²) in [6, 6.07) is 14.1. The fraction of sp³-hybridized carbons (Fsp3) is 0.333. The topological polar surface area (TPSA) is 51.1 Å². The summed E-state index contributed by atoms with van der Waals surface area (Å²) in [5.74, 6) is 1.43. The highest BCUT2D eigenvalue weighted by atomic mass is 79.9. The second kappa shape index (κ2) is 9.04. The first kappa shape index (κ1) is 20.7. The Hall–Kier alpha value is -2.60. The Morgan fingerprint density at radius 2 is 1.63 bits per heavy atom. The average molecular weight is 469 g/mol. The minimum atomic E-state index is -0.0857. The molecule has 0 saturated heterocycles. The minimum absolute atomic E-state index is 0.0765. The van der Waals surface area contributed by atoms with Crippen molar-refractivity contribution in [2.45, 2.75) is 24.7 Å². The standard InChI is InChI=1S/C24H25BrN2O3/c1-29-21-12-11-18(13-22(21)30-2)23-19-5-3-4-6-20(19)24(28)27(26-23)15-17-9-7-16(14-25)8-10-17/h3-4,7-13,19-20H,5-6,14-15H2,1-2H3/t19-,20+/m1/s1. The van der Waals surface area contributed by atoms with Crippen molar-refractivity contribution in [2.24, 2.45) is 16.9 Å². The molecule has 2 aromatic carbocycles. The van der Waals surface area contributed by atoms with Crippen molar-refractivity contribution in [1.29, 1.82) is 0 Å². The molecule has 6 heteroatoms. The van der Waals surface area contributed by atoms with E-state index >= 15 is 0 Å². The van der Waals surface area contributed by atoms with E-state index in [9.17, 15) is 4.79 Å². The first-order chi connectivity index (χ1) is 14.6. The number of fused-ring (bicyclic) bond motifs is 1. The van der Waals surface area contributed by atoms with Crippen LogP contribution in [-0.4, -0.2) is 30.8 Å². The third-order valence-corrected chi connectivity index (χ3v) is 6.42. The summed E-state index contributed by atoms with van der Waals surface area (Å²) in [5, 5.41) is 7.29. The van der Waals surface area contributed by atoms with Crippen molar-refractivity contribution in [2.75, 3.05) is 14.2 Å². The van der Waals surface area contributed by atoms with Crippen LogP contribution < -0.4 is 9.47 Å². The SMILES string of the molecule is COc1ccc(C2=NN(Cc3ccc(CBr)cc3)C(=O)[C@H]3CC=CC[C@@H]23)cc1OC. The van der Waals surface area contributed by atoms with Gasteiger partial charge >= 0.3 is 0 Å². The molecule has 30 heavy (non-hydrogen) atoms. The number of carbonyl (C=O) groups excluding carboxylic acids is 1. The van der Waals surface area contributed by atoms with Crippen LogP contribution in [-0.2, 0) is 16.7 Å². The molecule has 0 fully saturated rings. The van der Waals surface area contributed by atoms with E-state index in [0.717, 1.165) is 35.0 Å². The maximum atomic E-state index is 13.2. The molecule has 1 heterocycles. The number of rotatable bonds is 6. The van der Waals surface area contributed by atoms with E-state index in [1.54, 1.807) is 19.2 Å². The van der Waals surface area contributed by atoms with Crippen LogP contribution in [0.15, 0.2) is 59.7 Å². The summed E-state index contributed by atoms with van der Waals surface area (Å²) in [7, 11) is 3.25. The molecule has 0 unspecified atom stereocenters. The van der Waals surface area contributed by atoms with Crippen molar-refractivity contribution < 1.29 is 14.3 Å². The molecule has 0 aromatic heterocycles. The fourth-order valence-corrected chi connectivity index (χ4v) is 4.50. The molecule has 0 radical (unpaired) electrons. The Balaban J connectivity index is 1.71. The number of hydrogen-bond donors (Lipinski definition) is 0. The minimum Gasteiger partial charge on any atom is -0.493 e. The van der Waals surface area contributed by atoms with Crippen molar-refractivity contribution in [3.05, 3.63) is 71.3 Å². The van der Waals surface area contributed by atoms with E-state index in [1.807, 2.05) is 18.2 Å². The number of ether oxygens (including phenoxy) is 2. The van der Waals surface area contributed by atoms with E-state index in [2.05, 4.69) is 52.3 Å². The van der Waals surface area contributed by atoms with Gasteiger partial charge in [0, 0.05) is 16.8 Å². The fourth-order valence-electron chi connectivity index (χ4n) is 4.12. The summed E-state index contributed by atoms with van der Waals surface area (Å²) < 4.78 is 10.9. The quantitative estimate of drug-likeness (QED) is 0.446. The van der Waals surface area contributed by atoms with Crippen LogP contribution in [0.1, 0.15) is 29.5 Å². The van der Waals surface area contributed by atoms with Gasteiger partial charge in [0.2, 0.25) is 5.91 Å². The number of nitrogens with zero attached hydrogens (tertiary/aromatic N) is 2. The van der Waals surface area contributed by atoms with Crippen molar-refractivity contribution in [3.8, 4) is 11.5 Å². The van der Waals surface area contributed by atoms with E-state index in [0.29, 0.717) is 18.0 Å². The van der Waals surface area contributed by atoms with Gasteiger partial charge in [-0.25, -0.2) is 5.01 Å². The summed E-state index contributed by atoms with van der Waals surface area (Å²) in [4.78, 5) is 13.2. The van der Waals surface area contributed by atoms with Crippen molar-refractivity contribution in [1.82, 2.24) is 5.01 Å². The number of hydrogen-bond acceptors (Lipinski definition) is 4.